The lowest BCUT2D eigenvalue weighted by Gasteiger charge is -2.33. The van der Waals surface area contributed by atoms with Crippen LogP contribution in [0.4, 0.5) is 0 Å². The van der Waals surface area contributed by atoms with Crippen molar-refractivity contribution < 1.29 is 14.2 Å². The summed E-state index contributed by atoms with van der Waals surface area (Å²) in [5.74, 6) is -0.901. The lowest BCUT2D eigenvalue weighted by atomic mass is 10.2. The summed E-state index contributed by atoms with van der Waals surface area (Å²) in [5, 5.41) is 7.43. The van der Waals surface area contributed by atoms with E-state index in [0.717, 1.165) is 38.5 Å². The third-order valence-electron chi connectivity index (χ3n) is 3.16. The Bertz CT molecular complexity index is 233. The number of amidine groups is 1. The molecule has 0 rings (SSSR count). The highest BCUT2D eigenvalue weighted by molar-refractivity contribution is 5.76. The van der Waals surface area contributed by atoms with E-state index < -0.39 is 5.97 Å². The highest BCUT2D eigenvalue weighted by atomic mass is 16.9. The van der Waals surface area contributed by atoms with E-state index >= 15 is 0 Å². The van der Waals surface area contributed by atoms with Crippen LogP contribution in [0.1, 0.15) is 72.1 Å². The number of hydrogen-bond acceptors (Lipinski definition) is 4. The van der Waals surface area contributed by atoms with Gasteiger partial charge >= 0.3 is 0 Å². The molecule has 5 nitrogen and oxygen atoms in total. The van der Waals surface area contributed by atoms with Crippen molar-refractivity contribution in [2.45, 2.75) is 78.1 Å². The predicted octanol–water partition coefficient (Wildman–Crippen LogP) is 3.81. The molecular formula is C16H34N2O3. The van der Waals surface area contributed by atoms with Crippen LogP contribution in [-0.4, -0.2) is 31.6 Å². The first-order valence-corrected chi connectivity index (χ1v) is 8.35. The zero-order chi connectivity index (χ0) is 16.0. The van der Waals surface area contributed by atoms with Gasteiger partial charge < -0.3 is 19.9 Å². The van der Waals surface area contributed by atoms with Crippen molar-refractivity contribution in [2.75, 3.05) is 19.8 Å². The molecule has 0 bridgehead atoms. The second kappa shape index (κ2) is 13.0. The Morgan fingerprint density at radius 2 is 1.24 bits per heavy atom. The van der Waals surface area contributed by atoms with E-state index in [9.17, 15) is 0 Å². The molecule has 0 aliphatic heterocycles. The van der Waals surface area contributed by atoms with E-state index in [1.54, 1.807) is 0 Å². The van der Waals surface area contributed by atoms with Gasteiger partial charge in [-0.1, -0.05) is 40.0 Å². The van der Waals surface area contributed by atoms with Gasteiger partial charge in [0.2, 0.25) is 0 Å². The zero-order valence-corrected chi connectivity index (χ0v) is 14.1. The lowest BCUT2D eigenvalue weighted by Crippen LogP contribution is -2.41. The zero-order valence-electron chi connectivity index (χ0n) is 14.1. The molecule has 0 atom stereocenters. The molecule has 0 saturated heterocycles. The van der Waals surface area contributed by atoms with Gasteiger partial charge in [-0.05, 0) is 19.3 Å². The van der Waals surface area contributed by atoms with Crippen LogP contribution in [0.2, 0.25) is 0 Å². The highest BCUT2D eigenvalue weighted by Gasteiger charge is 2.33. The number of unbranched alkanes of at least 4 members (excludes halogenated alkanes) is 3. The van der Waals surface area contributed by atoms with Gasteiger partial charge in [-0.15, -0.1) is 0 Å². The third-order valence-corrected chi connectivity index (χ3v) is 3.16. The average molecular weight is 302 g/mol. The van der Waals surface area contributed by atoms with Crippen LogP contribution in [-0.2, 0) is 14.2 Å². The first kappa shape index (κ1) is 20.3. The van der Waals surface area contributed by atoms with E-state index in [-0.39, 0.29) is 5.84 Å². The van der Waals surface area contributed by atoms with Crippen LogP contribution < -0.4 is 5.73 Å². The van der Waals surface area contributed by atoms with E-state index in [1.807, 2.05) is 0 Å². The van der Waals surface area contributed by atoms with Gasteiger partial charge in [0.15, 0.2) is 0 Å². The average Bonchev–Trinajstić information content (AvgIpc) is 2.46. The van der Waals surface area contributed by atoms with Crippen LogP contribution in [0.25, 0.3) is 0 Å². The summed E-state index contributed by atoms with van der Waals surface area (Å²) in [4.78, 5) is 0. The minimum Gasteiger partial charge on any atom is -0.388 e. The van der Waals surface area contributed by atoms with Gasteiger partial charge in [0.25, 0.3) is 5.97 Å². The Morgan fingerprint density at radius 1 is 0.857 bits per heavy atom. The predicted molar refractivity (Wildman–Crippen MR) is 86.5 cm³/mol. The molecule has 3 N–H and O–H groups in total. The van der Waals surface area contributed by atoms with Crippen molar-refractivity contribution in [2.24, 2.45) is 5.73 Å². The smallest absolute Gasteiger partial charge is 0.283 e. The Balaban J connectivity index is 4.64. The molecule has 126 valence electrons. The molecule has 0 amide bonds. The van der Waals surface area contributed by atoms with Crippen LogP contribution in [0.5, 0.6) is 0 Å². The quantitative estimate of drug-likeness (QED) is 0.209. The molecule has 0 saturated carbocycles. The molecule has 0 aliphatic carbocycles. The molecule has 0 spiro atoms. The molecular weight excluding hydrogens is 268 g/mol. The van der Waals surface area contributed by atoms with Gasteiger partial charge in [-0.25, -0.2) is 0 Å². The van der Waals surface area contributed by atoms with Crippen molar-refractivity contribution in [3.05, 3.63) is 0 Å². The summed E-state index contributed by atoms with van der Waals surface area (Å²) in [5.41, 5.74) is 5.48. The topological polar surface area (TPSA) is 77.6 Å². The standard InChI is InChI=1S/C16H34N2O3/c1-4-7-12-19-16(11-10-15(17)18,20-13-8-5-2)21-14-9-6-3/h4-14H2,1-3H3,(H3,17,18). The van der Waals surface area contributed by atoms with Gasteiger partial charge in [0.1, 0.15) is 0 Å². The largest absolute Gasteiger partial charge is 0.388 e. The molecule has 5 heteroatoms. The van der Waals surface area contributed by atoms with Gasteiger partial charge in [0.05, 0.1) is 25.7 Å². The van der Waals surface area contributed by atoms with E-state index in [2.05, 4.69) is 20.8 Å². The summed E-state index contributed by atoms with van der Waals surface area (Å²) < 4.78 is 17.8. The van der Waals surface area contributed by atoms with Crippen LogP contribution in [0, 0.1) is 5.41 Å². The third kappa shape index (κ3) is 10.7. The molecule has 0 aromatic heterocycles. The molecule has 0 heterocycles. The highest BCUT2D eigenvalue weighted by Crippen LogP contribution is 2.24. The van der Waals surface area contributed by atoms with Gasteiger partial charge in [-0.3, -0.25) is 5.41 Å². The maximum atomic E-state index is 7.43. The van der Waals surface area contributed by atoms with E-state index in [1.165, 1.54) is 0 Å². The molecule has 0 radical (unpaired) electrons. The monoisotopic (exact) mass is 302 g/mol. The lowest BCUT2D eigenvalue weighted by molar-refractivity contribution is -0.383. The Morgan fingerprint density at radius 3 is 1.52 bits per heavy atom. The number of nitrogens with two attached hydrogens (primary N) is 1. The first-order valence-electron chi connectivity index (χ1n) is 8.35. The SMILES string of the molecule is CCCCOC(CCC(=N)N)(OCCCC)OCCCC. The minimum absolute atomic E-state index is 0.136. The summed E-state index contributed by atoms with van der Waals surface area (Å²) in [6.45, 7) is 8.18. The van der Waals surface area contributed by atoms with Crippen LogP contribution in [0.15, 0.2) is 0 Å². The number of nitrogens with one attached hydrogen (secondary N) is 1. The van der Waals surface area contributed by atoms with Gasteiger partial charge in [-0.2, -0.15) is 0 Å². The van der Waals surface area contributed by atoms with E-state index in [0.29, 0.717) is 32.7 Å². The van der Waals surface area contributed by atoms with Crippen molar-refractivity contribution in [1.82, 2.24) is 0 Å². The summed E-state index contributed by atoms with van der Waals surface area (Å²) in [6.07, 6.45) is 6.98. The normalized spacial score (nSPS) is 11.8. The molecule has 0 fully saturated rings. The van der Waals surface area contributed by atoms with E-state index in [4.69, 9.17) is 25.4 Å². The Kier molecular flexibility index (Phi) is 12.6. The van der Waals surface area contributed by atoms with Crippen molar-refractivity contribution >= 4 is 5.84 Å². The summed E-state index contributed by atoms with van der Waals surface area (Å²) in [6, 6.07) is 0. The molecule has 0 unspecified atom stereocenters. The minimum atomic E-state index is -1.04. The number of hydrogen-bond donors (Lipinski definition) is 2. The first-order chi connectivity index (χ1) is 10.1. The van der Waals surface area contributed by atoms with Crippen molar-refractivity contribution in [3.63, 3.8) is 0 Å². The number of ether oxygens (including phenoxy) is 3. The maximum absolute atomic E-state index is 7.43. The van der Waals surface area contributed by atoms with Crippen molar-refractivity contribution in [3.8, 4) is 0 Å². The van der Waals surface area contributed by atoms with Gasteiger partial charge in [0, 0.05) is 12.8 Å². The summed E-state index contributed by atoms with van der Waals surface area (Å²) in [7, 11) is 0. The molecule has 0 aromatic rings. The second-order valence-electron chi connectivity index (χ2n) is 5.31. The molecule has 21 heavy (non-hydrogen) atoms. The van der Waals surface area contributed by atoms with Crippen LogP contribution in [0.3, 0.4) is 0 Å². The maximum Gasteiger partial charge on any atom is 0.283 e. The number of rotatable bonds is 15. The molecule has 0 aromatic carbocycles. The fraction of sp³-hybridized carbons (Fsp3) is 0.938. The van der Waals surface area contributed by atoms with Crippen molar-refractivity contribution in [1.29, 1.82) is 5.41 Å². The fourth-order valence-corrected chi connectivity index (χ4v) is 1.75. The molecule has 0 aliphatic rings. The Labute approximate surface area is 130 Å². The fourth-order valence-electron chi connectivity index (χ4n) is 1.75. The summed E-state index contributed by atoms with van der Waals surface area (Å²) >= 11 is 0. The van der Waals surface area contributed by atoms with Crippen LogP contribution >= 0.6 is 0 Å². The second-order valence-corrected chi connectivity index (χ2v) is 5.31. The Hall–Kier alpha value is -0.650.